The Morgan fingerprint density at radius 2 is 1.71 bits per heavy atom. The monoisotopic (exact) mass is 421 g/mol. The van der Waals surface area contributed by atoms with Crippen LogP contribution >= 0.6 is 0 Å². The first-order valence-electron chi connectivity index (χ1n) is 8.87. The number of aliphatic imine (C=N–C) groups is 1. The number of benzene rings is 1. The van der Waals surface area contributed by atoms with Gasteiger partial charge in [-0.25, -0.2) is 13.1 Å². The molecule has 1 aliphatic rings. The maximum absolute atomic E-state index is 12.6. The third-order valence-electron chi connectivity index (χ3n) is 4.34. The van der Waals surface area contributed by atoms with Crippen LogP contribution in [0.25, 0.3) is 0 Å². The van der Waals surface area contributed by atoms with E-state index in [0.29, 0.717) is 19.0 Å². The molecule has 0 bridgehead atoms. The first-order chi connectivity index (χ1) is 13.1. The molecule has 1 aromatic rings. The van der Waals surface area contributed by atoms with Gasteiger partial charge in [-0.3, -0.25) is 9.89 Å². The van der Waals surface area contributed by atoms with Crippen molar-refractivity contribution in [1.29, 1.82) is 0 Å². The third kappa shape index (κ3) is 7.28. The SMILES string of the molecule is CN=C(NCCNS(C)(=O)=O)N1CCN(Cc2ccc(C(F)(F)F)cc2)CC1. The molecule has 158 valence electrons. The topological polar surface area (TPSA) is 77.0 Å². The minimum atomic E-state index is -4.32. The van der Waals surface area contributed by atoms with Gasteiger partial charge in [0.25, 0.3) is 0 Å². The van der Waals surface area contributed by atoms with Crippen molar-refractivity contribution in [2.24, 2.45) is 4.99 Å². The molecule has 1 heterocycles. The Morgan fingerprint density at radius 3 is 2.21 bits per heavy atom. The predicted molar refractivity (Wildman–Crippen MR) is 103 cm³/mol. The van der Waals surface area contributed by atoms with Crippen molar-refractivity contribution in [3.8, 4) is 0 Å². The van der Waals surface area contributed by atoms with Gasteiger partial charge in [0.1, 0.15) is 0 Å². The minimum absolute atomic E-state index is 0.270. The van der Waals surface area contributed by atoms with Crippen molar-refractivity contribution < 1.29 is 21.6 Å². The van der Waals surface area contributed by atoms with Crippen molar-refractivity contribution in [3.63, 3.8) is 0 Å². The highest BCUT2D eigenvalue weighted by Crippen LogP contribution is 2.29. The van der Waals surface area contributed by atoms with Gasteiger partial charge in [-0.1, -0.05) is 12.1 Å². The summed E-state index contributed by atoms with van der Waals surface area (Å²) in [5.74, 6) is 0.699. The number of nitrogens with zero attached hydrogens (tertiary/aromatic N) is 3. The van der Waals surface area contributed by atoms with E-state index in [1.54, 1.807) is 7.05 Å². The molecule has 0 aromatic heterocycles. The lowest BCUT2D eigenvalue weighted by atomic mass is 10.1. The number of guanidine groups is 1. The van der Waals surface area contributed by atoms with E-state index in [4.69, 9.17) is 0 Å². The summed E-state index contributed by atoms with van der Waals surface area (Å²) in [6.45, 7) is 4.24. The first-order valence-corrected chi connectivity index (χ1v) is 10.8. The normalized spacial score (nSPS) is 17.0. The Labute approximate surface area is 163 Å². The van der Waals surface area contributed by atoms with Gasteiger partial charge in [-0.05, 0) is 17.7 Å². The zero-order chi connectivity index (χ0) is 20.8. The van der Waals surface area contributed by atoms with Crippen LogP contribution in [0.2, 0.25) is 0 Å². The molecular weight excluding hydrogens is 395 g/mol. The summed E-state index contributed by atoms with van der Waals surface area (Å²) in [6, 6.07) is 5.26. The minimum Gasteiger partial charge on any atom is -0.355 e. The van der Waals surface area contributed by atoms with Gasteiger partial charge < -0.3 is 10.2 Å². The fourth-order valence-corrected chi connectivity index (χ4v) is 3.39. The lowest BCUT2D eigenvalue weighted by molar-refractivity contribution is -0.137. The number of sulfonamides is 1. The number of nitrogens with one attached hydrogen (secondary N) is 2. The molecule has 11 heteroatoms. The van der Waals surface area contributed by atoms with E-state index < -0.39 is 21.8 Å². The standard InChI is InChI=1S/C17H26F3N5O2S/c1-21-16(22-7-8-23-28(2,26)27)25-11-9-24(10-12-25)13-14-3-5-15(6-4-14)17(18,19)20/h3-6,23H,7-13H2,1-2H3,(H,21,22). The van der Waals surface area contributed by atoms with Crippen molar-refractivity contribution in [3.05, 3.63) is 35.4 Å². The summed E-state index contributed by atoms with van der Waals surface area (Å²) in [7, 11) is -1.55. The Kier molecular flexibility index (Phi) is 7.67. The van der Waals surface area contributed by atoms with Gasteiger partial charge in [0, 0.05) is 52.9 Å². The van der Waals surface area contributed by atoms with Crippen LogP contribution in [0.15, 0.2) is 29.3 Å². The third-order valence-corrected chi connectivity index (χ3v) is 5.07. The average Bonchev–Trinajstić information content (AvgIpc) is 2.62. The Bertz CT molecular complexity index is 758. The second-order valence-electron chi connectivity index (χ2n) is 6.60. The highest BCUT2D eigenvalue weighted by molar-refractivity contribution is 7.88. The highest BCUT2D eigenvalue weighted by Gasteiger charge is 2.30. The van der Waals surface area contributed by atoms with Crippen LogP contribution in [0.5, 0.6) is 0 Å². The molecule has 1 fully saturated rings. The van der Waals surface area contributed by atoms with Crippen molar-refractivity contribution in [2.45, 2.75) is 12.7 Å². The van der Waals surface area contributed by atoms with E-state index in [1.165, 1.54) is 12.1 Å². The Balaban J connectivity index is 1.78. The maximum Gasteiger partial charge on any atom is 0.416 e. The molecule has 0 unspecified atom stereocenters. The molecule has 1 saturated heterocycles. The number of hydrogen-bond donors (Lipinski definition) is 2. The summed E-state index contributed by atoms with van der Waals surface area (Å²) in [5.41, 5.74) is 0.206. The van der Waals surface area contributed by atoms with Crippen molar-refractivity contribution in [1.82, 2.24) is 19.8 Å². The largest absolute Gasteiger partial charge is 0.416 e. The highest BCUT2D eigenvalue weighted by atomic mass is 32.2. The quantitative estimate of drug-likeness (QED) is 0.406. The second kappa shape index (κ2) is 9.57. The summed E-state index contributed by atoms with van der Waals surface area (Å²) in [5, 5.41) is 3.12. The lowest BCUT2D eigenvalue weighted by Crippen LogP contribution is -2.52. The van der Waals surface area contributed by atoms with Crippen molar-refractivity contribution in [2.75, 3.05) is 52.6 Å². The zero-order valence-electron chi connectivity index (χ0n) is 16.0. The van der Waals surface area contributed by atoms with E-state index in [2.05, 4.69) is 24.8 Å². The number of rotatable bonds is 6. The fourth-order valence-electron chi connectivity index (χ4n) is 2.92. The molecule has 7 nitrogen and oxygen atoms in total. The Morgan fingerprint density at radius 1 is 1.11 bits per heavy atom. The number of halogens is 3. The molecule has 0 aliphatic carbocycles. The molecular formula is C17H26F3N5O2S. The van der Waals surface area contributed by atoms with Gasteiger partial charge in [0.05, 0.1) is 11.8 Å². The van der Waals surface area contributed by atoms with E-state index >= 15 is 0 Å². The molecule has 2 rings (SSSR count). The summed E-state index contributed by atoms with van der Waals surface area (Å²) in [6.07, 6.45) is -3.21. The molecule has 2 N–H and O–H groups in total. The van der Waals surface area contributed by atoms with Gasteiger partial charge in [0.15, 0.2) is 5.96 Å². The zero-order valence-corrected chi connectivity index (χ0v) is 16.8. The molecule has 0 radical (unpaired) electrons. The van der Waals surface area contributed by atoms with Crippen LogP contribution in [-0.4, -0.2) is 76.7 Å². The fraction of sp³-hybridized carbons (Fsp3) is 0.588. The van der Waals surface area contributed by atoms with Crippen LogP contribution in [0.4, 0.5) is 13.2 Å². The van der Waals surface area contributed by atoms with Gasteiger partial charge in [0.2, 0.25) is 10.0 Å². The van der Waals surface area contributed by atoms with Crippen molar-refractivity contribution >= 4 is 16.0 Å². The van der Waals surface area contributed by atoms with Crippen LogP contribution < -0.4 is 10.0 Å². The molecule has 0 amide bonds. The van der Waals surface area contributed by atoms with E-state index in [1.807, 2.05) is 0 Å². The molecule has 1 aromatic carbocycles. The van der Waals surface area contributed by atoms with Crippen LogP contribution in [0.1, 0.15) is 11.1 Å². The van der Waals surface area contributed by atoms with E-state index in [-0.39, 0.29) is 6.54 Å². The maximum atomic E-state index is 12.6. The van der Waals surface area contributed by atoms with Crippen LogP contribution in [0, 0.1) is 0 Å². The smallest absolute Gasteiger partial charge is 0.355 e. The summed E-state index contributed by atoms with van der Waals surface area (Å²) in [4.78, 5) is 8.47. The molecule has 0 atom stereocenters. The molecule has 0 saturated carbocycles. The number of piperazine rings is 1. The average molecular weight is 421 g/mol. The van der Waals surface area contributed by atoms with Gasteiger partial charge >= 0.3 is 6.18 Å². The second-order valence-corrected chi connectivity index (χ2v) is 8.43. The molecule has 28 heavy (non-hydrogen) atoms. The number of hydrogen-bond acceptors (Lipinski definition) is 4. The first kappa shape index (κ1) is 22.4. The van der Waals surface area contributed by atoms with Crippen LogP contribution in [-0.2, 0) is 22.7 Å². The molecule has 1 aliphatic heterocycles. The lowest BCUT2D eigenvalue weighted by Gasteiger charge is -2.36. The predicted octanol–water partition coefficient (Wildman–Crippen LogP) is 0.948. The summed E-state index contributed by atoms with van der Waals surface area (Å²) < 4.78 is 62.4. The van der Waals surface area contributed by atoms with Gasteiger partial charge in [-0.15, -0.1) is 0 Å². The Hall–Kier alpha value is -1.85. The molecule has 0 spiro atoms. The van der Waals surface area contributed by atoms with Gasteiger partial charge in [-0.2, -0.15) is 13.2 Å². The number of alkyl halides is 3. The summed E-state index contributed by atoms with van der Waals surface area (Å²) >= 11 is 0. The van der Waals surface area contributed by atoms with E-state index in [0.717, 1.165) is 50.1 Å². The van der Waals surface area contributed by atoms with Crippen LogP contribution in [0.3, 0.4) is 0 Å². The van der Waals surface area contributed by atoms with E-state index in [9.17, 15) is 21.6 Å².